The number of aliphatic hydroxyl groups is 1. The van der Waals surface area contributed by atoms with Gasteiger partial charge in [0.15, 0.2) is 0 Å². The summed E-state index contributed by atoms with van der Waals surface area (Å²) in [7, 11) is 0. The zero-order valence-corrected chi connectivity index (χ0v) is 10.8. The average molecular weight is 259 g/mol. The molecule has 4 nitrogen and oxygen atoms in total. The summed E-state index contributed by atoms with van der Waals surface area (Å²) >= 11 is 0. The van der Waals surface area contributed by atoms with Gasteiger partial charge in [-0.3, -0.25) is 4.79 Å². The Balaban J connectivity index is 2.04. The van der Waals surface area contributed by atoms with Crippen LogP contribution in [-0.4, -0.2) is 30.3 Å². The molecule has 1 heterocycles. The summed E-state index contributed by atoms with van der Waals surface area (Å²) in [4.78, 5) is 12.1. The van der Waals surface area contributed by atoms with Crippen molar-refractivity contribution < 1.29 is 14.6 Å². The van der Waals surface area contributed by atoms with E-state index in [1.807, 2.05) is 25.1 Å². The van der Waals surface area contributed by atoms with E-state index in [0.29, 0.717) is 12.3 Å². The van der Waals surface area contributed by atoms with Crippen LogP contribution in [0.3, 0.4) is 0 Å². The largest absolute Gasteiger partial charge is 0.384 e. The minimum absolute atomic E-state index is 0.0164. The first-order chi connectivity index (χ1) is 9.20. The highest BCUT2D eigenvalue weighted by Gasteiger charge is 2.30. The molecule has 4 heteroatoms. The molecule has 1 aromatic carbocycles. The van der Waals surface area contributed by atoms with Crippen LogP contribution in [-0.2, 0) is 9.53 Å². The maximum Gasteiger partial charge on any atom is 0.230 e. The van der Waals surface area contributed by atoms with Crippen LogP contribution in [0.5, 0.6) is 0 Å². The lowest BCUT2D eigenvalue weighted by molar-refractivity contribution is -0.121. The molecule has 19 heavy (non-hydrogen) atoms. The molecule has 0 aromatic heterocycles. The van der Waals surface area contributed by atoms with Gasteiger partial charge in [-0.15, -0.1) is 0 Å². The molecular weight excluding hydrogens is 242 g/mol. The quantitative estimate of drug-likeness (QED) is 0.789. The highest BCUT2D eigenvalue weighted by Crippen LogP contribution is 2.22. The van der Waals surface area contributed by atoms with Gasteiger partial charge < -0.3 is 15.2 Å². The van der Waals surface area contributed by atoms with Gasteiger partial charge >= 0.3 is 0 Å². The molecule has 1 aliphatic rings. The van der Waals surface area contributed by atoms with Gasteiger partial charge in [0.25, 0.3) is 0 Å². The van der Waals surface area contributed by atoms with Crippen LogP contribution in [0.25, 0.3) is 0 Å². The van der Waals surface area contributed by atoms with E-state index in [0.717, 1.165) is 12.0 Å². The molecule has 100 valence electrons. The average Bonchev–Trinajstić information content (AvgIpc) is 2.83. The normalized spacial score (nSPS) is 21.6. The molecule has 0 bridgehead atoms. The summed E-state index contributed by atoms with van der Waals surface area (Å²) in [6.45, 7) is 2.38. The van der Waals surface area contributed by atoms with Crippen LogP contribution < -0.4 is 5.32 Å². The zero-order chi connectivity index (χ0) is 13.7. The Labute approximate surface area is 112 Å². The Morgan fingerprint density at radius 1 is 1.58 bits per heavy atom. The zero-order valence-electron chi connectivity index (χ0n) is 10.8. The molecule has 2 N–H and O–H groups in total. The third kappa shape index (κ3) is 3.57. The molecule has 0 aliphatic carbocycles. The van der Waals surface area contributed by atoms with Gasteiger partial charge in [0.1, 0.15) is 6.61 Å². The summed E-state index contributed by atoms with van der Waals surface area (Å²) in [5.41, 5.74) is 1.48. The van der Waals surface area contributed by atoms with E-state index in [4.69, 9.17) is 9.84 Å². The summed E-state index contributed by atoms with van der Waals surface area (Å²) in [5.74, 6) is 5.28. The van der Waals surface area contributed by atoms with E-state index in [1.54, 1.807) is 6.07 Å². The SMILES string of the molecule is CC1OCCC1C(=O)Nc1cccc(C#CCO)c1. The van der Waals surface area contributed by atoms with Gasteiger partial charge in [0, 0.05) is 17.9 Å². The first kappa shape index (κ1) is 13.6. The second kappa shape index (κ2) is 6.37. The third-order valence-electron chi connectivity index (χ3n) is 3.15. The summed E-state index contributed by atoms with van der Waals surface area (Å²) in [5, 5.41) is 11.5. The smallest absolute Gasteiger partial charge is 0.230 e. The Morgan fingerprint density at radius 2 is 2.42 bits per heavy atom. The number of anilines is 1. The van der Waals surface area contributed by atoms with E-state index < -0.39 is 0 Å². The van der Waals surface area contributed by atoms with Crippen LogP contribution in [0.1, 0.15) is 18.9 Å². The molecular formula is C15H17NO3. The monoisotopic (exact) mass is 259 g/mol. The topological polar surface area (TPSA) is 58.6 Å². The van der Waals surface area contributed by atoms with Crippen molar-refractivity contribution in [3.63, 3.8) is 0 Å². The Hall–Kier alpha value is -1.83. The number of benzene rings is 1. The standard InChI is InChI=1S/C15H17NO3/c1-11-14(7-9-19-11)15(18)16-13-6-2-4-12(10-13)5-3-8-17/h2,4,6,10-11,14,17H,7-9H2,1H3,(H,16,18). The predicted molar refractivity (Wildman–Crippen MR) is 72.6 cm³/mol. The van der Waals surface area contributed by atoms with Crippen molar-refractivity contribution >= 4 is 11.6 Å². The number of rotatable bonds is 2. The van der Waals surface area contributed by atoms with Crippen molar-refractivity contribution in [1.82, 2.24) is 0 Å². The fraction of sp³-hybridized carbons (Fsp3) is 0.400. The molecule has 2 rings (SSSR count). The van der Waals surface area contributed by atoms with Gasteiger partial charge in [-0.25, -0.2) is 0 Å². The summed E-state index contributed by atoms with van der Waals surface area (Å²) in [6, 6.07) is 7.27. The molecule has 1 aromatic rings. The first-order valence-corrected chi connectivity index (χ1v) is 6.33. The number of nitrogens with one attached hydrogen (secondary N) is 1. The van der Waals surface area contributed by atoms with Crippen LogP contribution in [0.2, 0.25) is 0 Å². The lowest BCUT2D eigenvalue weighted by Gasteiger charge is -2.14. The highest BCUT2D eigenvalue weighted by atomic mass is 16.5. The third-order valence-corrected chi connectivity index (χ3v) is 3.15. The number of carbonyl (C=O) groups excluding carboxylic acids is 1. The number of hydrogen-bond donors (Lipinski definition) is 2. The number of carbonyl (C=O) groups is 1. The minimum Gasteiger partial charge on any atom is -0.384 e. The van der Waals surface area contributed by atoms with Crippen LogP contribution in [0, 0.1) is 17.8 Å². The molecule has 0 spiro atoms. The van der Waals surface area contributed by atoms with Crippen molar-refractivity contribution in [2.75, 3.05) is 18.5 Å². The Bertz CT molecular complexity index is 516. The molecule has 1 amide bonds. The maximum atomic E-state index is 12.1. The molecule has 1 fully saturated rings. The van der Waals surface area contributed by atoms with Gasteiger partial charge in [-0.1, -0.05) is 17.9 Å². The van der Waals surface area contributed by atoms with E-state index in [1.165, 1.54) is 0 Å². The fourth-order valence-electron chi connectivity index (χ4n) is 2.13. The van der Waals surface area contributed by atoms with E-state index >= 15 is 0 Å². The van der Waals surface area contributed by atoms with Crippen molar-refractivity contribution in [2.24, 2.45) is 5.92 Å². The molecule has 1 aliphatic heterocycles. The number of ether oxygens (including phenoxy) is 1. The summed E-state index contributed by atoms with van der Waals surface area (Å²) in [6.07, 6.45) is 0.731. The molecule has 0 radical (unpaired) electrons. The Kier molecular flexibility index (Phi) is 4.56. The number of amides is 1. The van der Waals surface area contributed by atoms with Crippen LogP contribution >= 0.6 is 0 Å². The molecule has 2 unspecified atom stereocenters. The van der Waals surface area contributed by atoms with Gasteiger partial charge in [0.2, 0.25) is 5.91 Å². The van der Waals surface area contributed by atoms with Crippen molar-refractivity contribution in [3.8, 4) is 11.8 Å². The van der Waals surface area contributed by atoms with Gasteiger partial charge in [-0.05, 0) is 31.5 Å². The number of hydrogen-bond acceptors (Lipinski definition) is 3. The molecule has 1 saturated heterocycles. The molecule has 0 saturated carbocycles. The second-order valence-corrected chi connectivity index (χ2v) is 4.50. The lowest BCUT2D eigenvalue weighted by Crippen LogP contribution is -2.27. The minimum atomic E-state index is -0.173. The van der Waals surface area contributed by atoms with E-state index in [-0.39, 0.29) is 24.5 Å². The summed E-state index contributed by atoms with van der Waals surface area (Å²) < 4.78 is 5.39. The second-order valence-electron chi connectivity index (χ2n) is 4.50. The van der Waals surface area contributed by atoms with Crippen molar-refractivity contribution in [1.29, 1.82) is 0 Å². The van der Waals surface area contributed by atoms with Crippen LogP contribution in [0.4, 0.5) is 5.69 Å². The maximum absolute atomic E-state index is 12.1. The fourth-order valence-corrected chi connectivity index (χ4v) is 2.13. The highest BCUT2D eigenvalue weighted by molar-refractivity contribution is 5.93. The van der Waals surface area contributed by atoms with Crippen molar-refractivity contribution in [2.45, 2.75) is 19.4 Å². The van der Waals surface area contributed by atoms with Gasteiger partial charge in [-0.2, -0.15) is 0 Å². The molecule has 2 atom stereocenters. The van der Waals surface area contributed by atoms with Crippen molar-refractivity contribution in [3.05, 3.63) is 29.8 Å². The van der Waals surface area contributed by atoms with Crippen LogP contribution in [0.15, 0.2) is 24.3 Å². The first-order valence-electron chi connectivity index (χ1n) is 6.33. The van der Waals surface area contributed by atoms with Gasteiger partial charge in [0.05, 0.1) is 12.0 Å². The van der Waals surface area contributed by atoms with E-state index in [9.17, 15) is 4.79 Å². The Morgan fingerprint density at radius 3 is 3.11 bits per heavy atom. The predicted octanol–water partition coefficient (Wildman–Crippen LogP) is 1.39. The van der Waals surface area contributed by atoms with E-state index in [2.05, 4.69) is 17.2 Å². The number of aliphatic hydroxyl groups excluding tert-OH is 1. The lowest BCUT2D eigenvalue weighted by atomic mass is 10.0.